The van der Waals surface area contributed by atoms with Crippen LogP contribution in [-0.2, 0) is 0 Å². The number of unbranched alkanes of at least 4 members (excludes halogenated alkanes) is 1. The van der Waals surface area contributed by atoms with Crippen molar-refractivity contribution in [3.05, 3.63) is 0 Å². The maximum Gasteiger partial charge on any atom is 0.177 e. The molecule has 0 aromatic rings. The largest absolute Gasteiger partial charge is 0.307 e. The van der Waals surface area contributed by atoms with Gasteiger partial charge in [-0.3, -0.25) is 0 Å². The zero-order valence-corrected chi connectivity index (χ0v) is 8.59. The highest BCUT2D eigenvalue weighted by molar-refractivity contribution is 5.85. The number of nitriles is 1. The van der Waals surface area contributed by atoms with Gasteiger partial charge in [-0.25, -0.2) is 0 Å². The number of halogens is 1. The van der Waals surface area contributed by atoms with E-state index < -0.39 is 0 Å². The fourth-order valence-corrected chi connectivity index (χ4v) is 0.579. The van der Waals surface area contributed by atoms with Crippen molar-refractivity contribution in [2.45, 2.75) is 39.2 Å². The minimum Gasteiger partial charge on any atom is -0.307 e. The minimum atomic E-state index is -0.371. The molecule has 0 unspecified atom stereocenters. The van der Waals surface area contributed by atoms with E-state index in [4.69, 9.17) is 5.26 Å². The van der Waals surface area contributed by atoms with Crippen molar-refractivity contribution in [3.8, 4) is 18.0 Å². The van der Waals surface area contributed by atoms with Gasteiger partial charge < -0.3 is 5.32 Å². The van der Waals surface area contributed by atoms with Crippen LogP contribution in [0.2, 0.25) is 0 Å². The summed E-state index contributed by atoms with van der Waals surface area (Å²) in [5, 5.41) is 10.9. The van der Waals surface area contributed by atoms with Crippen molar-refractivity contribution >= 4 is 12.4 Å². The van der Waals surface area contributed by atoms with Crippen molar-refractivity contribution in [2.75, 3.05) is 0 Å². The molecule has 2 nitrogen and oxygen atoms in total. The van der Waals surface area contributed by atoms with Gasteiger partial charge in [-0.1, -0.05) is 12.8 Å². The van der Waals surface area contributed by atoms with Crippen molar-refractivity contribution < 1.29 is 0 Å². The molecular weight excluding hydrogens is 172 g/mol. The molecule has 0 radical (unpaired) electrons. The second-order valence-corrected chi connectivity index (χ2v) is 2.91. The topological polar surface area (TPSA) is 35.8 Å². The third kappa shape index (κ3) is 7.25. The van der Waals surface area contributed by atoms with Gasteiger partial charge in [-0.15, -0.1) is 18.3 Å². The van der Waals surface area contributed by atoms with Crippen LogP contribution in [0.5, 0.6) is 0 Å². The molecule has 0 saturated carbocycles. The van der Waals surface area contributed by atoms with Crippen LogP contribution < -0.4 is 5.32 Å². The summed E-state index contributed by atoms with van der Waals surface area (Å²) in [6.07, 6.45) is 3.85. The molecule has 0 amide bonds. The third-order valence-corrected chi connectivity index (χ3v) is 1.14. The Morgan fingerprint density at radius 2 is 2.00 bits per heavy atom. The quantitative estimate of drug-likeness (QED) is 0.407. The molecule has 0 aromatic heterocycles. The van der Waals surface area contributed by atoms with Crippen molar-refractivity contribution in [1.29, 1.82) is 5.26 Å². The Kier molecular flexibility index (Phi) is 7.80. The highest BCUT2D eigenvalue weighted by Gasteiger charge is 2.10. The first kappa shape index (κ1) is 13.7. The van der Waals surface area contributed by atoms with Crippen molar-refractivity contribution in [1.82, 2.24) is 5.32 Å². The number of hydrogen-bond acceptors (Lipinski definition) is 2. The van der Waals surface area contributed by atoms with Crippen LogP contribution in [0.15, 0.2) is 0 Å². The van der Waals surface area contributed by atoms with Gasteiger partial charge in [0, 0.05) is 6.42 Å². The molecule has 0 saturated heterocycles. The first-order valence-electron chi connectivity index (χ1n) is 3.78. The first-order chi connectivity index (χ1) is 5.12. The number of nitrogens with zero attached hydrogens (tertiary/aromatic N) is 1. The summed E-state index contributed by atoms with van der Waals surface area (Å²) < 4.78 is 0. The standard InChI is InChI=1S/C9H14N2.ClH/c1-4-5-6-7-9(2,3)11-8-10;/h11H,4-5H2,1-3H3;1H. The van der Waals surface area contributed by atoms with Gasteiger partial charge in [0.15, 0.2) is 6.19 Å². The summed E-state index contributed by atoms with van der Waals surface area (Å²) in [5.74, 6) is 5.97. The summed E-state index contributed by atoms with van der Waals surface area (Å²) in [4.78, 5) is 0. The van der Waals surface area contributed by atoms with Crippen molar-refractivity contribution in [2.24, 2.45) is 0 Å². The van der Waals surface area contributed by atoms with Gasteiger partial charge >= 0.3 is 0 Å². The molecule has 1 N–H and O–H groups in total. The van der Waals surface area contributed by atoms with Crippen LogP contribution in [0.4, 0.5) is 0 Å². The Labute approximate surface area is 80.8 Å². The third-order valence-electron chi connectivity index (χ3n) is 1.14. The molecule has 68 valence electrons. The van der Waals surface area contributed by atoms with Gasteiger partial charge in [-0.2, -0.15) is 5.26 Å². The van der Waals surface area contributed by atoms with E-state index in [0.717, 1.165) is 12.8 Å². The molecule has 0 aliphatic carbocycles. The Hall–Kier alpha value is -0.860. The Bertz CT molecular complexity index is 205. The lowest BCUT2D eigenvalue weighted by Gasteiger charge is -2.13. The Balaban J connectivity index is 0. The zero-order valence-electron chi connectivity index (χ0n) is 7.77. The molecule has 0 spiro atoms. The van der Waals surface area contributed by atoms with E-state index in [9.17, 15) is 0 Å². The second kappa shape index (κ2) is 6.83. The van der Waals surface area contributed by atoms with Crippen LogP contribution in [0, 0.1) is 23.3 Å². The lowest BCUT2D eigenvalue weighted by molar-refractivity contribution is 0.583. The highest BCUT2D eigenvalue weighted by atomic mass is 35.5. The van der Waals surface area contributed by atoms with E-state index in [1.54, 1.807) is 0 Å². The average Bonchev–Trinajstić information content (AvgIpc) is 1.87. The molecule has 0 fully saturated rings. The smallest absolute Gasteiger partial charge is 0.177 e. The van der Waals surface area contributed by atoms with Crippen LogP contribution in [0.3, 0.4) is 0 Å². The lowest BCUT2D eigenvalue weighted by Crippen LogP contribution is -2.33. The van der Waals surface area contributed by atoms with Gasteiger partial charge in [-0.05, 0) is 20.3 Å². The SMILES string of the molecule is CCCC#CC(C)(C)NC#N.Cl. The van der Waals surface area contributed by atoms with E-state index in [1.165, 1.54) is 0 Å². The zero-order chi connectivity index (χ0) is 8.74. The summed E-state index contributed by atoms with van der Waals surface area (Å²) in [7, 11) is 0. The fraction of sp³-hybridized carbons (Fsp3) is 0.667. The van der Waals surface area contributed by atoms with Crippen LogP contribution in [-0.4, -0.2) is 5.54 Å². The maximum absolute atomic E-state index is 8.33. The molecule has 0 rings (SSSR count). The van der Waals surface area contributed by atoms with E-state index in [-0.39, 0.29) is 17.9 Å². The fourth-order valence-electron chi connectivity index (χ4n) is 0.579. The number of nitrogens with one attached hydrogen (secondary N) is 1. The van der Waals surface area contributed by atoms with Crippen LogP contribution in [0.25, 0.3) is 0 Å². The molecular formula is C9H15ClN2. The summed E-state index contributed by atoms with van der Waals surface area (Å²) in [6, 6.07) is 0. The maximum atomic E-state index is 8.33. The lowest BCUT2D eigenvalue weighted by atomic mass is 10.1. The Morgan fingerprint density at radius 1 is 1.42 bits per heavy atom. The average molecular weight is 187 g/mol. The molecule has 0 atom stereocenters. The predicted molar refractivity (Wildman–Crippen MR) is 52.8 cm³/mol. The molecule has 12 heavy (non-hydrogen) atoms. The van der Waals surface area contributed by atoms with E-state index in [1.807, 2.05) is 20.0 Å². The molecule has 0 aliphatic heterocycles. The van der Waals surface area contributed by atoms with E-state index in [2.05, 4.69) is 24.1 Å². The van der Waals surface area contributed by atoms with Gasteiger partial charge in [0.2, 0.25) is 0 Å². The molecule has 0 heterocycles. The summed E-state index contributed by atoms with van der Waals surface area (Å²) >= 11 is 0. The highest BCUT2D eigenvalue weighted by Crippen LogP contribution is 1.98. The second-order valence-electron chi connectivity index (χ2n) is 2.91. The van der Waals surface area contributed by atoms with Gasteiger partial charge in [0.1, 0.15) is 5.54 Å². The normalized spacial score (nSPS) is 8.50. The molecule has 0 aromatic carbocycles. The van der Waals surface area contributed by atoms with Gasteiger partial charge in [0.05, 0.1) is 0 Å². The molecule has 0 aliphatic rings. The van der Waals surface area contributed by atoms with Crippen molar-refractivity contribution in [3.63, 3.8) is 0 Å². The number of rotatable bonds is 2. The first-order valence-corrected chi connectivity index (χ1v) is 3.78. The Morgan fingerprint density at radius 3 is 2.42 bits per heavy atom. The van der Waals surface area contributed by atoms with E-state index >= 15 is 0 Å². The minimum absolute atomic E-state index is 0. The summed E-state index contributed by atoms with van der Waals surface area (Å²) in [5.41, 5.74) is -0.371. The summed E-state index contributed by atoms with van der Waals surface area (Å²) in [6.45, 7) is 5.86. The number of hydrogen-bond donors (Lipinski definition) is 1. The molecule has 3 heteroatoms. The predicted octanol–water partition coefficient (Wildman–Crippen LogP) is 2.06. The van der Waals surface area contributed by atoms with E-state index in [0.29, 0.717) is 0 Å². The van der Waals surface area contributed by atoms with Crippen LogP contribution in [0.1, 0.15) is 33.6 Å². The van der Waals surface area contributed by atoms with Crippen LogP contribution >= 0.6 is 12.4 Å². The van der Waals surface area contributed by atoms with Gasteiger partial charge in [0.25, 0.3) is 0 Å². The molecule has 0 bridgehead atoms. The monoisotopic (exact) mass is 186 g/mol.